The average Bonchev–Trinajstić information content (AvgIpc) is 3.35. The van der Waals surface area contributed by atoms with E-state index in [0.717, 1.165) is 15.7 Å². The SMILES string of the molecule is C=CCN1C(=O)C(=c2sc3nc(-c4ccncc4)nn3c2=O)c2cc(Br)ccc21. The van der Waals surface area contributed by atoms with Crippen LogP contribution in [0.4, 0.5) is 5.69 Å². The smallest absolute Gasteiger partial charge is 0.291 e. The summed E-state index contributed by atoms with van der Waals surface area (Å²) in [5.41, 5.74) is 2.25. The van der Waals surface area contributed by atoms with Crippen molar-refractivity contribution in [2.75, 3.05) is 11.4 Å². The van der Waals surface area contributed by atoms with E-state index < -0.39 is 0 Å². The van der Waals surface area contributed by atoms with E-state index in [4.69, 9.17) is 0 Å². The van der Waals surface area contributed by atoms with E-state index in [0.29, 0.717) is 33.0 Å². The Kier molecular flexibility index (Phi) is 4.14. The molecule has 4 heterocycles. The lowest BCUT2D eigenvalue weighted by Gasteiger charge is -2.14. The number of aromatic nitrogens is 4. The van der Waals surface area contributed by atoms with E-state index in [1.807, 2.05) is 18.2 Å². The van der Waals surface area contributed by atoms with Gasteiger partial charge in [0.05, 0.1) is 11.3 Å². The first kappa shape index (κ1) is 17.9. The highest BCUT2D eigenvalue weighted by atomic mass is 79.9. The third kappa shape index (κ3) is 2.73. The fourth-order valence-corrected chi connectivity index (χ4v) is 4.70. The molecule has 1 aliphatic rings. The Morgan fingerprint density at radius 3 is 2.69 bits per heavy atom. The van der Waals surface area contributed by atoms with Crippen molar-refractivity contribution >= 4 is 49.4 Å². The van der Waals surface area contributed by atoms with E-state index >= 15 is 0 Å². The number of nitrogens with zero attached hydrogens (tertiary/aromatic N) is 5. The maximum atomic E-state index is 13.1. The molecule has 4 aromatic rings. The van der Waals surface area contributed by atoms with Gasteiger partial charge >= 0.3 is 0 Å². The van der Waals surface area contributed by atoms with Crippen LogP contribution in [0, 0.1) is 0 Å². The first-order valence-electron chi connectivity index (χ1n) is 8.65. The van der Waals surface area contributed by atoms with Gasteiger partial charge in [-0.15, -0.1) is 11.7 Å². The van der Waals surface area contributed by atoms with E-state index in [1.54, 1.807) is 35.5 Å². The van der Waals surface area contributed by atoms with Crippen LogP contribution >= 0.6 is 27.3 Å². The molecular weight excluding hydrogens is 454 g/mol. The number of benzene rings is 1. The molecular formula is C20H12BrN5O2S. The van der Waals surface area contributed by atoms with Crippen molar-refractivity contribution in [3.63, 3.8) is 0 Å². The minimum absolute atomic E-state index is 0.228. The Labute approximate surface area is 176 Å². The number of fused-ring (bicyclic) bond motifs is 2. The molecule has 0 unspecified atom stereocenters. The molecule has 0 radical (unpaired) electrons. The van der Waals surface area contributed by atoms with Crippen LogP contribution in [0.5, 0.6) is 0 Å². The zero-order valence-corrected chi connectivity index (χ0v) is 17.3. The fourth-order valence-electron chi connectivity index (χ4n) is 3.34. The van der Waals surface area contributed by atoms with Gasteiger partial charge in [0.15, 0.2) is 5.82 Å². The van der Waals surface area contributed by atoms with Crippen LogP contribution < -0.4 is 15.0 Å². The van der Waals surface area contributed by atoms with Crippen LogP contribution in [0.15, 0.2) is 64.6 Å². The van der Waals surface area contributed by atoms with Gasteiger partial charge in [0.1, 0.15) is 4.53 Å². The van der Waals surface area contributed by atoms with E-state index in [-0.39, 0.29) is 11.5 Å². The third-order valence-electron chi connectivity index (χ3n) is 4.61. The molecule has 1 amide bonds. The molecule has 0 spiro atoms. The molecule has 0 N–H and O–H groups in total. The number of halogens is 1. The number of pyridine rings is 1. The number of carbonyl (C=O) groups excluding carboxylic acids is 1. The Morgan fingerprint density at radius 1 is 1.17 bits per heavy atom. The highest BCUT2D eigenvalue weighted by Gasteiger charge is 2.34. The number of thiazole rings is 1. The van der Waals surface area contributed by atoms with Gasteiger partial charge in [-0.3, -0.25) is 14.6 Å². The molecule has 29 heavy (non-hydrogen) atoms. The summed E-state index contributed by atoms with van der Waals surface area (Å²) in [4.78, 5) is 36.7. The zero-order chi connectivity index (χ0) is 20.1. The van der Waals surface area contributed by atoms with Gasteiger partial charge in [-0.05, 0) is 30.3 Å². The van der Waals surface area contributed by atoms with Gasteiger partial charge in [-0.2, -0.15) is 9.50 Å². The van der Waals surface area contributed by atoms with Crippen LogP contribution in [0.2, 0.25) is 0 Å². The predicted octanol–water partition coefficient (Wildman–Crippen LogP) is 2.43. The second kappa shape index (κ2) is 6.71. The fraction of sp³-hybridized carbons (Fsp3) is 0.0500. The molecule has 0 fully saturated rings. The minimum Gasteiger partial charge on any atom is -0.304 e. The second-order valence-corrected chi connectivity index (χ2v) is 8.24. The standard InChI is InChI=1S/C20H12BrN5O2S/c1-2-9-25-14-4-3-12(21)10-13(14)15(18(25)27)16-19(28)26-20(29-16)23-17(24-26)11-5-7-22-8-6-11/h2-8,10H,1,9H2. The quantitative estimate of drug-likeness (QED) is 0.434. The number of anilines is 1. The molecule has 0 atom stereocenters. The lowest BCUT2D eigenvalue weighted by molar-refractivity contribution is -0.112. The lowest BCUT2D eigenvalue weighted by Crippen LogP contribution is -2.32. The summed E-state index contributed by atoms with van der Waals surface area (Å²) in [6, 6.07) is 9.13. The van der Waals surface area contributed by atoms with Crippen molar-refractivity contribution in [2.45, 2.75) is 0 Å². The molecule has 7 nitrogen and oxygen atoms in total. The maximum Gasteiger partial charge on any atom is 0.291 e. The number of amides is 1. The summed E-state index contributed by atoms with van der Waals surface area (Å²) in [6.45, 7) is 4.09. The summed E-state index contributed by atoms with van der Waals surface area (Å²) in [6.07, 6.45) is 4.95. The number of rotatable bonds is 3. The van der Waals surface area contributed by atoms with Crippen LogP contribution in [-0.4, -0.2) is 32.0 Å². The van der Waals surface area contributed by atoms with Gasteiger partial charge < -0.3 is 4.90 Å². The number of carbonyl (C=O) groups is 1. The monoisotopic (exact) mass is 465 g/mol. The van der Waals surface area contributed by atoms with E-state index in [1.165, 1.54) is 15.9 Å². The third-order valence-corrected chi connectivity index (χ3v) is 6.14. The van der Waals surface area contributed by atoms with Crippen molar-refractivity contribution in [3.05, 3.63) is 80.3 Å². The molecule has 0 saturated heterocycles. The van der Waals surface area contributed by atoms with Crippen LogP contribution in [-0.2, 0) is 4.79 Å². The molecule has 5 rings (SSSR count). The largest absolute Gasteiger partial charge is 0.304 e. The highest BCUT2D eigenvalue weighted by molar-refractivity contribution is 9.10. The first-order chi connectivity index (χ1) is 14.1. The molecule has 142 valence electrons. The molecule has 0 aliphatic carbocycles. The van der Waals surface area contributed by atoms with Crippen LogP contribution in [0.25, 0.3) is 21.9 Å². The van der Waals surface area contributed by atoms with Crippen molar-refractivity contribution in [1.29, 1.82) is 0 Å². The van der Waals surface area contributed by atoms with Crippen molar-refractivity contribution < 1.29 is 4.79 Å². The summed E-state index contributed by atoms with van der Waals surface area (Å²) in [5.74, 6) is 0.218. The van der Waals surface area contributed by atoms with E-state index in [2.05, 4.69) is 37.6 Å². The number of hydrogen-bond acceptors (Lipinski definition) is 6. The second-order valence-electron chi connectivity index (χ2n) is 6.34. The molecule has 9 heteroatoms. The van der Waals surface area contributed by atoms with Crippen molar-refractivity contribution in [2.24, 2.45) is 0 Å². The average molecular weight is 466 g/mol. The molecule has 1 aromatic carbocycles. The molecule has 0 bridgehead atoms. The van der Waals surface area contributed by atoms with Gasteiger partial charge in [-0.1, -0.05) is 33.3 Å². The molecule has 3 aromatic heterocycles. The first-order valence-corrected chi connectivity index (χ1v) is 10.3. The van der Waals surface area contributed by atoms with Gasteiger partial charge in [0.2, 0.25) is 4.96 Å². The maximum absolute atomic E-state index is 13.1. The Hall–Kier alpha value is -3.17. The lowest BCUT2D eigenvalue weighted by atomic mass is 10.1. The Morgan fingerprint density at radius 2 is 1.97 bits per heavy atom. The zero-order valence-electron chi connectivity index (χ0n) is 14.9. The summed E-state index contributed by atoms with van der Waals surface area (Å²) in [5, 5.41) is 4.34. The van der Waals surface area contributed by atoms with Crippen LogP contribution in [0.3, 0.4) is 0 Å². The predicted molar refractivity (Wildman–Crippen MR) is 115 cm³/mol. The summed E-state index contributed by atoms with van der Waals surface area (Å²) < 4.78 is 2.41. The summed E-state index contributed by atoms with van der Waals surface area (Å²) in [7, 11) is 0. The summed E-state index contributed by atoms with van der Waals surface area (Å²) >= 11 is 4.62. The molecule has 0 saturated carbocycles. The highest BCUT2D eigenvalue weighted by Crippen LogP contribution is 2.37. The van der Waals surface area contributed by atoms with Crippen LogP contribution in [0.1, 0.15) is 5.56 Å². The topological polar surface area (TPSA) is 80.5 Å². The Bertz CT molecular complexity index is 1410. The van der Waals surface area contributed by atoms with Crippen molar-refractivity contribution in [3.8, 4) is 11.4 Å². The Balaban J connectivity index is 1.76. The minimum atomic E-state index is -0.354. The van der Waals surface area contributed by atoms with Gasteiger partial charge in [0, 0.05) is 34.5 Å². The molecule has 1 aliphatic heterocycles. The van der Waals surface area contributed by atoms with Gasteiger partial charge in [-0.25, -0.2) is 0 Å². The van der Waals surface area contributed by atoms with Crippen molar-refractivity contribution in [1.82, 2.24) is 19.6 Å². The van der Waals surface area contributed by atoms with Gasteiger partial charge in [0.25, 0.3) is 11.5 Å². The van der Waals surface area contributed by atoms with E-state index in [9.17, 15) is 9.59 Å². The normalized spacial score (nSPS) is 15.2. The number of hydrogen-bond donors (Lipinski definition) is 0.